The fourth-order valence-corrected chi connectivity index (χ4v) is 0.532. The van der Waals surface area contributed by atoms with Crippen LogP contribution in [0.3, 0.4) is 0 Å². The zero-order valence-electron chi connectivity index (χ0n) is 5.08. The predicted octanol–water partition coefficient (Wildman–Crippen LogP) is 1.79. The maximum atomic E-state index is 11.5. The van der Waals surface area contributed by atoms with Crippen molar-refractivity contribution < 1.29 is 13.6 Å². The number of rotatable bonds is 2. The lowest BCUT2D eigenvalue weighted by Gasteiger charge is -1.75. The maximum Gasteiger partial charge on any atom is 0.324 e. The summed E-state index contributed by atoms with van der Waals surface area (Å²) in [5.74, 6) is 0. The van der Waals surface area contributed by atoms with E-state index in [0.29, 0.717) is 5.56 Å². The summed E-state index contributed by atoms with van der Waals surface area (Å²) in [5, 5.41) is 0. The molecule has 1 aromatic rings. The zero-order valence-corrected chi connectivity index (χ0v) is 5.08. The fourth-order valence-electron chi connectivity index (χ4n) is 0.532. The van der Waals surface area contributed by atoms with Gasteiger partial charge in [-0.2, -0.15) is 4.39 Å². The summed E-state index contributed by atoms with van der Waals surface area (Å²) in [6, 6.07) is 0.167. The van der Waals surface area contributed by atoms with Crippen molar-refractivity contribution in [3.63, 3.8) is 0 Å². The first-order valence-corrected chi connectivity index (χ1v) is 2.69. The summed E-state index contributed by atoms with van der Waals surface area (Å²) in [6.45, 7) is 0. The molecule has 52 valence electrons. The van der Waals surface area contributed by atoms with Crippen molar-refractivity contribution in [2.75, 3.05) is 0 Å². The summed E-state index contributed by atoms with van der Waals surface area (Å²) in [4.78, 5) is 9.75. The van der Waals surface area contributed by atoms with Crippen molar-refractivity contribution in [3.05, 3.63) is 30.2 Å². The van der Waals surface area contributed by atoms with E-state index in [1.807, 2.05) is 0 Å². The Kier molecular flexibility index (Phi) is 1.99. The molecule has 0 saturated carbocycles. The Hall–Kier alpha value is -1.38. The number of carbonyl (C=O) groups is 1. The van der Waals surface area contributed by atoms with Crippen molar-refractivity contribution in [2.45, 2.75) is 0 Å². The number of hydrogen-bond acceptors (Lipinski definition) is 2. The smallest absolute Gasteiger partial charge is 0.324 e. The average Bonchev–Trinajstić information content (AvgIpc) is 2.34. The van der Waals surface area contributed by atoms with Crippen LogP contribution in [0.5, 0.6) is 0 Å². The Morgan fingerprint density at radius 3 is 3.00 bits per heavy atom. The van der Waals surface area contributed by atoms with Crippen LogP contribution in [-0.4, -0.2) is 6.04 Å². The monoisotopic (exact) mass is 140 g/mol. The summed E-state index contributed by atoms with van der Waals surface area (Å²) in [6.07, 6.45) is 5.04. The molecule has 0 aliphatic heterocycles. The zero-order chi connectivity index (χ0) is 7.40. The first-order valence-electron chi connectivity index (χ1n) is 2.69. The second-order valence-electron chi connectivity index (χ2n) is 1.69. The molecule has 1 heterocycles. The number of furan rings is 1. The molecule has 0 spiro atoms. The minimum absolute atomic E-state index is 0.672. The summed E-state index contributed by atoms with van der Waals surface area (Å²) in [7, 11) is 0. The lowest BCUT2D eigenvalue weighted by Crippen LogP contribution is -1.75. The Labute approximate surface area is 57.0 Å². The van der Waals surface area contributed by atoms with Gasteiger partial charge in [-0.25, -0.2) is 0 Å². The van der Waals surface area contributed by atoms with Gasteiger partial charge in [0, 0.05) is 11.6 Å². The van der Waals surface area contributed by atoms with E-state index in [-0.39, 0.29) is 0 Å². The highest BCUT2D eigenvalue weighted by Gasteiger charge is 1.89. The van der Waals surface area contributed by atoms with Gasteiger partial charge >= 0.3 is 6.04 Å². The van der Waals surface area contributed by atoms with Gasteiger partial charge in [0.1, 0.15) is 0 Å². The first-order chi connectivity index (χ1) is 4.79. The highest BCUT2D eigenvalue weighted by Crippen LogP contribution is 2.01. The molecule has 2 nitrogen and oxygen atoms in total. The third kappa shape index (κ3) is 1.85. The van der Waals surface area contributed by atoms with Crippen LogP contribution in [0.15, 0.2) is 29.1 Å². The van der Waals surface area contributed by atoms with Gasteiger partial charge in [0.2, 0.25) is 0 Å². The molecule has 10 heavy (non-hydrogen) atoms. The van der Waals surface area contributed by atoms with Gasteiger partial charge in [-0.1, -0.05) is 0 Å². The van der Waals surface area contributed by atoms with E-state index in [1.165, 1.54) is 18.6 Å². The van der Waals surface area contributed by atoms with Gasteiger partial charge in [-0.05, 0) is 12.1 Å². The minimum Gasteiger partial charge on any atom is -0.472 e. The molecule has 3 heteroatoms. The second-order valence-corrected chi connectivity index (χ2v) is 1.69. The standard InChI is InChI=1S/C7H5FO2/c8-7(9)2-1-6-3-4-10-5-6/h1-5H/b2-1+. The van der Waals surface area contributed by atoms with Gasteiger partial charge in [0.05, 0.1) is 12.5 Å². The molecule has 1 aromatic heterocycles. The van der Waals surface area contributed by atoms with Crippen LogP contribution < -0.4 is 0 Å². The highest BCUT2D eigenvalue weighted by molar-refractivity contribution is 5.85. The Balaban J connectivity index is 2.64. The lowest BCUT2D eigenvalue weighted by molar-refractivity contribution is -0.124. The predicted molar refractivity (Wildman–Crippen MR) is 33.9 cm³/mol. The van der Waals surface area contributed by atoms with Crippen molar-refractivity contribution in [1.82, 2.24) is 0 Å². The van der Waals surface area contributed by atoms with E-state index < -0.39 is 6.04 Å². The quantitative estimate of drug-likeness (QED) is 0.463. The van der Waals surface area contributed by atoms with Gasteiger partial charge in [-0.15, -0.1) is 0 Å². The van der Waals surface area contributed by atoms with E-state index in [1.54, 1.807) is 6.07 Å². The number of allylic oxidation sites excluding steroid dienone is 1. The van der Waals surface area contributed by atoms with Crippen LogP contribution in [0.4, 0.5) is 4.39 Å². The first kappa shape index (κ1) is 6.74. The largest absolute Gasteiger partial charge is 0.472 e. The summed E-state index contributed by atoms with van der Waals surface area (Å²) >= 11 is 0. The van der Waals surface area contributed by atoms with E-state index in [2.05, 4.69) is 4.42 Å². The van der Waals surface area contributed by atoms with Crippen LogP contribution in [0.2, 0.25) is 0 Å². The van der Waals surface area contributed by atoms with Crippen molar-refractivity contribution in [3.8, 4) is 0 Å². The molecule has 0 unspecified atom stereocenters. The molecule has 0 radical (unpaired) electrons. The van der Waals surface area contributed by atoms with E-state index in [4.69, 9.17) is 0 Å². The fraction of sp³-hybridized carbons (Fsp3) is 0. The number of halogens is 1. The highest BCUT2D eigenvalue weighted by atomic mass is 19.1. The van der Waals surface area contributed by atoms with Gasteiger partial charge in [0.15, 0.2) is 0 Å². The van der Waals surface area contributed by atoms with Crippen LogP contribution >= 0.6 is 0 Å². The topological polar surface area (TPSA) is 30.2 Å². The second kappa shape index (κ2) is 2.96. The molecule has 0 amide bonds. The Morgan fingerprint density at radius 1 is 1.70 bits per heavy atom. The van der Waals surface area contributed by atoms with E-state index in [0.717, 1.165) is 6.08 Å². The van der Waals surface area contributed by atoms with Crippen molar-refractivity contribution in [1.29, 1.82) is 0 Å². The molecule has 0 bridgehead atoms. The third-order valence-electron chi connectivity index (χ3n) is 0.950. The van der Waals surface area contributed by atoms with Crippen LogP contribution in [0.1, 0.15) is 5.56 Å². The lowest BCUT2D eigenvalue weighted by atomic mass is 10.3. The number of carbonyl (C=O) groups excluding carboxylic acids is 1. The molecular weight excluding hydrogens is 135 g/mol. The van der Waals surface area contributed by atoms with E-state index >= 15 is 0 Å². The Bertz CT molecular complexity index is 236. The molecule has 0 aliphatic carbocycles. The Morgan fingerprint density at radius 2 is 2.50 bits per heavy atom. The summed E-state index contributed by atoms with van der Waals surface area (Å²) in [5.41, 5.74) is 0.672. The number of hydrogen-bond donors (Lipinski definition) is 0. The van der Waals surface area contributed by atoms with Crippen molar-refractivity contribution in [2.24, 2.45) is 0 Å². The molecule has 0 fully saturated rings. The van der Waals surface area contributed by atoms with Crippen LogP contribution in [0.25, 0.3) is 6.08 Å². The normalized spacial score (nSPS) is 10.5. The third-order valence-corrected chi connectivity index (χ3v) is 0.950. The molecular formula is C7H5FO2. The van der Waals surface area contributed by atoms with Gasteiger partial charge in [0.25, 0.3) is 0 Å². The molecule has 0 atom stereocenters. The minimum atomic E-state index is -1.46. The van der Waals surface area contributed by atoms with Crippen molar-refractivity contribution >= 4 is 12.1 Å². The molecule has 0 aromatic carbocycles. The molecule has 0 N–H and O–H groups in total. The molecule has 0 aliphatic rings. The van der Waals surface area contributed by atoms with E-state index in [9.17, 15) is 9.18 Å². The molecule has 1 rings (SSSR count). The van der Waals surface area contributed by atoms with Gasteiger partial charge in [-0.3, -0.25) is 4.79 Å². The SMILES string of the molecule is O=C(F)/C=C/c1ccoc1. The van der Waals surface area contributed by atoms with Crippen LogP contribution in [-0.2, 0) is 4.79 Å². The maximum absolute atomic E-state index is 11.5. The average molecular weight is 140 g/mol. The van der Waals surface area contributed by atoms with Gasteiger partial charge < -0.3 is 4.42 Å². The molecule has 0 saturated heterocycles. The summed E-state index contributed by atoms with van der Waals surface area (Å²) < 4.78 is 16.2. The van der Waals surface area contributed by atoms with Crippen LogP contribution in [0, 0.1) is 0 Å².